The summed E-state index contributed by atoms with van der Waals surface area (Å²) in [5, 5.41) is 22.0. The Hall–Kier alpha value is -1.91. The number of nitrogens with zero attached hydrogens (tertiary/aromatic N) is 3. The van der Waals surface area contributed by atoms with Crippen molar-refractivity contribution < 1.29 is 10.4 Å². The minimum Gasteiger partial charge on any atom is -0.411 e. The molecule has 5 nitrogen and oxygen atoms in total. The summed E-state index contributed by atoms with van der Waals surface area (Å²) < 4.78 is 0. The highest BCUT2D eigenvalue weighted by molar-refractivity contribution is 5.81. The highest BCUT2D eigenvalue weighted by atomic mass is 16.4. The van der Waals surface area contributed by atoms with Gasteiger partial charge in [0.1, 0.15) is 0 Å². The van der Waals surface area contributed by atoms with Crippen molar-refractivity contribution in [2.75, 3.05) is 0 Å². The second-order valence-electron chi connectivity index (χ2n) is 1.98. The van der Waals surface area contributed by atoms with E-state index in [1.165, 1.54) is 12.4 Å². The van der Waals surface area contributed by atoms with Crippen molar-refractivity contribution >= 4 is 12.4 Å². The lowest BCUT2D eigenvalue weighted by atomic mass is 10.3. The minimum atomic E-state index is 0.495. The number of rotatable bonds is 2. The number of hydrogen-bond donors (Lipinski definition) is 2. The SMILES string of the molecule is ON=Cc1cccc(/C=N/O)n1. The van der Waals surface area contributed by atoms with E-state index in [1.54, 1.807) is 18.2 Å². The first-order valence-electron chi connectivity index (χ1n) is 3.18. The van der Waals surface area contributed by atoms with Crippen LogP contribution in [0.15, 0.2) is 28.5 Å². The van der Waals surface area contributed by atoms with E-state index < -0.39 is 0 Å². The molecule has 0 aliphatic carbocycles. The Kier molecular flexibility index (Phi) is 2.78. The first-order valence-corrected chi connectivity index (χ1v) is 3.18. The molecule has 62 valence electrons. The van der Waals surface area contributed by atoms with Gasteiger partial charge in [-0.05, 0) is 12.1 Å². The summed E-state index contributed by atoms with van der Waals surface area (Å²) in [5.41, 5.74) is 0.991. The molecule has 1 aromatic rings. The summed E-state index contributed by atoms with van der Waals surface area (Å²) >= 11 is 0. The van der Waals surface area contributed by atoms with E-state index >= 15 is 0 Å². The third kappa shape index (κ3) is 2.05. The van der Waals surface area contributed by atoms with Crippen LogP contribution < -0.4 is 0 Å². The average Bonchev–Trinajstić information content (AvgIpc) is 2.06. The zero-order valence-corrected chi connectivity index (χ0v) is 6.12. The predicted molar refractivity (Wildman–Crippen MR) is 43.0 cm³/mol. The molecule has 0 saturated heterocycles. The second kappa shape index (κ2) is 4.07. The van der Waals surface area contributed by atoms with Crippen molar-refractivity contribution in [1.82, 2.24) is 4.98 Å². The van der Waals surface area contributed by atoms with Crippen molar-refractivity contribution in [3.63, 3.8) is 0 Å². The third-order valence-corrected chi connectivity index (χ3v) is 1.17. The molecule has 0 aliphatic heterocycles. The van der Waals surface area contributed by atoms with E-state index in [0.29, 0.717) is 11.4 Å². The predicted octanol–water partition coefficient (Wildman–Crippen LogP) is 0.698. The molecule has 1 rings (SSSR count). The van der Waals surface area contributed by atoms with Crippen molar-refractivity contribution in [3.8, 4) is 0 Å². The smallest absolute Gasteiger partial charge is 0.0918 e. The fourth-order valence-electron chi connectivity index (χ4n) is 0.731. The summed E-state index contributed by atoms with van der Waals surface area (Å²) in [6, 6.07) is 5.03. The fraction of sp³-hybridized carbons (Fsp3) is 0. The Labute approximate surface area is 68.7 Å². The van der Waals surface area contributed by atoms with E-state index in [1.807, 2.05) is 0 Å². The molecular formula is C7H7N3O2. The molecule has 0 aromatic carbocycles. The van der Waals surface area contributed by atoms with Crippen LogP contribution in [0.4, 0.5) is 0 Å². The van der Waals surface area contributed by atoms with Gasteiger partial charge in [0.15, 0.2) is 0 Å². The lowest BCUT2D eigenvalue weighted by Crippen LogP contribution is -1.92. The Morgan fingerprint density at radius 3 is 2.00 bits per heavy atom. The Balaban J connectivity index is 2.95. The molecule has 12 heavy (non-hydrogen) atoms. The van der Waals surface area contributed by atoms with E-state index in [0.717, 1.165) is 0 Å². The van der Waals surface area contributed by atoms with Crippen molar-refractivity contribution in [2.45, 2.75) is 0 Å². The van der Waals surface area contributed by atoms with Crippen molar-refractivity contribution in [3.05, 3.63) is 29.6 Å². The van der Waals surface area contributed by atoms with Gasteiger partial charge in [-0.2, -0.15) is 0 Å². The highest BCUT2D eigenvalue weighted by Crippen LogP contribution is 1.94. The summed E-state index contributed by atoms with van der Waals surface area (Å²) in [4.78, 5) is 3.93. The number of hydrogen-bond acceptors (Lipinski definition) is 5. The molecule has 0 saturated carbocycles. The van der Waals surface area contributed by atoms with Crippen LogP contribution in [0, 0.1) is 0 Å². The van der Waals surface area contributed by atoms with Crippen LogP contribution >= 0.6 is 0 Å². The first kappa shape index (κ1) is 8.19. The van der Waals surface area contributed by atoms with E-state index in [9.17, 15) is 0 Å². The molecule has 0 aliphatic rings. The molecule has 5 heteroatoms. The highest BCUT2D eigenvalue weighted by Gasteiger charge is 1.91. The van der Waals surface area contributed by atoms with Gasteiger partial charge < -0.3 is 10.4 Å². The quantitative estimate of drug-likeness (QED) is 0.384. The maximum Gasteiger partial charge on any atom is 0.0918 e. The van der Waals surface area contributed by atoms with Crippen LogP contribution in [0.3, 0.4) is 0 Å². The van der Waals surface area contributed by atoms with E-state index in [-0.39, 0.29) is 0 Å². The van der Waals surface area contributed by atoms with Gasteiger partial charge in [-0.3, -0.25) is 0 Å². The maximum atomic E-state index is 8.19. The van der Waals surface area contributed by atoms with Crippen LogP contribution in [0.2, 0.25) is 0 Å². The van der Waals surface area contributed by atoms with Gasteiger partial charge >= 0.3 is 0 Å². The summed E-state index contributed by atoms with van der Waals surface area (Å²) in [6.45, 7) is 0. The average molecular weight is 165 g/mol. The van der Waals surface area contributed by atoms with Crippen molar-refractivity contribution in [2.24, 2.45) is 10.3 Å². The number of aromatic nitrogens is 1. The molecule has 0 spiro atoms. The largest absolute Gasteiger partial charge is 0.411 e. The number of oxime groups is 2. The first-order chi connectivity index (χ1) is 5.86. The summed E-state index contributed by atoms with van der Waals surface area (Å²) in [6.07, 6.45) is 2.38. The molecular weight excluding hydrogens is 158 g/mol. The molecule has 0 amide bonds. The lowest BCUT2D eigenvalue weighted by Gasteiger charge is -1.92. The normalized spacial score (nSPS) is 11.3. The summed E-state index contributed by atoms with van der Waals surface area (Å²) in [5.74, 6) is 0. The topological polar surface area (TPSA) is 78.1 Å². The fourth-order valence-corrected chi connectivity index (χ4v) is 0.731. The second-order valence-corrected chi connectivity index (χ2v) is 1.98. The molecule has 0 bridgehead atoms. The molecule has 2 N–H and O–H groups in total. The third-order valence-electron chi connectivity index (χ3n) is 1.17. The van der Waals surface area contributed by atoms with Gasteiger partial charge in [-0.25, -0.2) is 4.98 Å². The standard InChI is InChI=1S/C7H7N3O2/c11-8-4-6-2-1-3-7(10-6)5-9-12/h1-5,11-12H/b8-4+,9-5?. The van der Waals surface area contributed by atoms with Crippen LogP contribution in [0.5, 0.6) is 0 Å². The van der Waals surface area contributed by atoms with Gasteiger partial charge in [0, 0.05) is 0 Å². The maximum absolute atomic E-state index is 8.19. The Morgan fingerprint density at radius 1 is 1.08 bits per heavy atom. The molecule has 1 heterocycles. The van der Waals surface area contributed by atoms with Crippen LogP contribution in [0.1, 0.15) is 11.4 Å². The van der Waals surface area contributed by atoms with Gasteiger partial charge in [0.05, 0.1) is 23.8 Å². The molecule has 0 unspecified atom stereocenters. The molecule has 1 aromatic heterocycles. The molecule has 0 fully saturated rings. The van der Waals surface area contributed by atoms with Gasteiger partial charge in [-0.15, -0.1) is 0 Å². The van der Waals surface area contributed by atoms with Crippen LogP contribution in [-0.4, -0.2) is 27.8 Å². The minimum absolute atomic E-state index is 0.495. The molecule has 0 atom stereocenters. The molecule has 0 radical (unpaired) electrons. The lowest BCUT2D eigenvalue weighted by molar-refractivity contribution is 0.321. The van der Waals surface area contributed by atoms with Gasteiger partial charge in [0.25, 0.3) is 0 Å². The Bertz CT molecular complexity index is 282. The number of pyridine rings is 1. The zero-order valence-electron chi connectivity index (χ0n) is 6.12. The van der Waals surface area contributed by atoms with Gasteiger partial charge in [-0.1, -0.05) is 16.4 Å². The Morgan fingerprint density at radius 2 is 1.58 bits per heavy atom. The van der Waals surface area contributed by atoms with E-state index in [2.05, 4.69) is 15.3 Å². The monoisotopic (exact) mass is 165 g/mol. The van der Waals surface area contributed by atoms with Crippen molar-refractivity contribution in [1.29, 1.82) is 0 Å². The van der Waals surface area contributed by atoms with Gasteiger partial charge in [0.2, 0.25) is 0 Å². The summed E-state index contributed by atoms with van der Waals surface area (Å²) in [7, 11) is 0. The zero-order chi connectivity index (χ0) is 8.81. The van der Waals surface area contributed by atoms with E-state index in [4.69, 9.17) is 10.4 Å². The van der Waals surface area contributed by atoms with Crippen LogP contribution in [-0.2, 0) is 0 Å². The van der Waals surface area contributed by atoms with Crippen LogP contribution in [0.25, 0.3) is 0 Å².